The first-order chi connectivity index (χ1) is 49.0. The van der Waals surface area contributed by atoms with E-state index in [2.05, 4.69) is 4.85 Å². The standard InChI is InChI=1S/C27H25F3N2O4.C23H17F3N2O4.C20H16F3NO3.C7H11NO2/c1-16-9-17(11-20(10-16)27(28,29)30)14-32-15-19(12-18(13-31)24(33)36-26(2,3)4)23-21(25(34)35-5)7-6-8-22(23)32;1-13-6-14(8-17(7-13)23(24,25)26)11-28-12-16(9-15(10-27)21(29)30)20-18(22(31)32-2)4-3-5-19(20)28;1-12-6-13(8-15(7-12)20(21,22)23)9-24-10-14(11-25)18-16(19(26)27-2)4-3-5-17(18)24;1-7(2,3)10-6(9)5-8-4/h6-12,15H,14H2,1-5H3;3-9,12H,11H2,1-2H3,(H,29,30);3-8,10-11H,9H2,1-2H3;5H2,1-3H3/b18-12+;15-9+;;. The third-order valence-corrected chi connectivity index (χ3v) is 14.9. The Morgan fingerprint density at radius 3 is 1.09 bits per heavy atom. The van der Waals surface area contributed by atoms with Gasteiger partial charge in [-0.3, -0.25) is 4.79 Å². The zero-order valence-electron chi connectivity index (χ0n) is 58.6. The smallest absolute Gasteiger partial charge is 0.416 e. The normalized spacial score (nSPS) is 11.8. The van der Waals surface area contributed by atoms with Gasteiger partial charge in [0.05, 0.1) is 54.7 Å². The largest absolute Gasteiger partial charge is 0.477 e. The average molecular weight is 1460 g/mol. The number of esters is 5. The maximum atomic E-state index is 13.4. The number of aromatic nitrogens is 3. The number of hydrogen-bond acceptors (Lipinski definition) is 14. The molecular formula is C77H69F9N6O13. The highest BCUT2D eigenvalue weighted by Crippen LogP contribution is 2.37. The highest BCUT2D eigenvalue weighted by molar-refractivity contribution is 6.12. The minimum absolute atomic E-state index is 0.0225. The number of fused-ring (bicyclic) bond motifs is 3. The molecule has 3 aromatic heterocycles. The first-order valence-corrected chi connectivity index (χ1v) is 31.3. The molecule has 0 bridgehead atoms. The van der Waals surface area contributed by atoms with Gasteiger partial charge < -0.3 is 47.3 Å². The fraction of sp³-hybridized carbons (Fsp3) is 0.273. The number of carboxylic acid groups (broad SMARTS) is 1. The number of halogens is 9. The van der Waals surface area contributed by atoms with Gasteiger partial charge in [0.1, 0.15) is 34.5 Å². The first kappa shape index (κ1) is 81.7. The van der Waals surface area contributed by atoms with E-state index in [9.17, 15) is 83.4 Å². The molecule has 0 saturated heterocycles. The summed E-state index contributed by atoms with van der Waals surface area (Å²) in [6, 6.07) is 29.2. The van der Waals surface area contributed by atoms with Crippen LogP contribution in [-0.2, 0) is 76.2 Å². The molecule has 9 aromatic rings. The number of hydrogen-bond donors (Lipinski definition) is 1. The second-order valence-corrected chi connectivity index (χ2v) is 25.5. The molecule has 105 heavy (non-hydrogen) atoms. The first-order valence-electron chi connectivity index (χ1n) is 31.3. The van der Waals surface area contributed by atoms with Crippen LogP contribution in [0, 0.1) is 50.0 Å². The van der Waals surface area contributed by atoms with Gasteiger partial charge in [0.15, 0.2) is 6.29 Å². The van der Waals surface area contributed by atoms with Crippen LogP contribution in [0.15, 0.2) is 139 Å². The number of aliphatic carboxylic acids is 1. The SMILES string of the molecule is COC(=O)c1cccc2c1c(/C=C(\C#N)C(=O)O)cn2Cc1cc(C)cc(C(F)(F)F)c1.COC(=O)c1cccc2c1c(/C=C(\C#N)C(=O)OC(C)(C)C)cn2Cc1cc(C)cc(C(F)(F)F)c1.COC(=O)c1cccc2c1c(C=O)cn2Cc1cc(C)cc(C(F)(F)F)c1.[C-]#[N+]CC(=O)OC(C)(C)C. The summed E-state index contributed by atoms with van der Waals surface area (Å²) in [6.45, 7) is 21.4. The Bertz CT molecular complexity index is 5040. The number of benzene rings is 6. The number of alkyl halides is 9. The molecular weight excluding hydrogens is 1390 g/mol. The van der Waals surface area contributed by atoms with Gasteiger partial charge in [0, 0.05) is 87.6 Å². The molecule has 548 valence electrons. The molecule has 0 aliphatic heterocycles. The van der Waals surface area contributed by atoms with Gasteiger partial charge in [-0.2, -0.15) is 50.0 Å². The van der Waals surface area contributed by atoms with Crippen molar-refractivity contribution in [1.82, 2.24) is 13.7 Å². The van der Waals surface area contributed by atoms with Crippen LogP contribution in [0.2, 0.25) is 0 Å². The van der Waals surface area contributed by atoms with Gasteiger partial charge in [-0.25, -0.2) is 35.3 Å². The topological polar surface area (TPSA) is 253 Å². The molecule has 28 heteroatoms. The monoisotopic (exact) mass is 1460 g/mol. The molecule has 0 saturated carbocycles. The maximum absolute atomic E-state index is 13.4. The Kier molecular flexibility index (Phi) is 26.2. The average Bonchev–Trinajstić information content (AvgIpc) is 1.64. The Morgan fingerprint density at radius 2 is 0.810 bits per heavy atom. The summed E-state index contributed by atoms with van der Waals surface area (Å²) >= 11 is 0. The number of carbonyl (C=O) groups excluding carboxylic acids is 6. The van der Waals surface area contributed by atoms with Crippen LogP contribution >= 0.6 is 0 Å². The van der Waals surface area contributed by atoms with Crippen molar-refractivity contribution in [1.29, 1.82) is 10.5 Å². The molecule has 9 rings (SSSR count). The number of carbonyl (C=O) groups is 7. The Hall–Kier alpha value is -12.3. The predicted octanol–water partition coefficient (Wildman–Crippen LogP) is 16.7. The van der Waals surface area contributed by atoms with Crippen molar-refractivity contribution in [3.63, 3.8) is 0 Å². The highest BCUT2D eigenvalue weighted by Gasteiger charge is 2.34. The second kappa shape index (κ2) is 33.7. The Balaban J connectivity index is 0.000000233. The lowest BCUT2D eigenvalue weighted by molar-refractivity contribution is -0.152. The third-order valence-electron chi connectivity index (χ3n) is 14.9. The van der Waals surface area contributed by atoms with Gasteiger partial charge in [-0.1, -0.05) is 53.1 Å². The lowest BCUT2D eigenvalue weighted by Gasteiger charge is -2.18. The molecule has 0 spiro atoms. The van der Waals surface area contributed by atoms with E-state index in [1.54, 1.807) is 149 Å². The van der Waals surface area contributed by atoms with Gasteiger partial charge in [0.2, 0.25) is 0 Å². The summed E-state index contributed by atoms with van der Waals surface area (Å²) in [7, 11) is 3.65. The van der Waals surface area contributed by atoms with Crippen LogP contribution in [-0.4, -0.2) is 100.0 Å². The van der Waals surface area contributed by atoms with E-state index in [-0.39, 0.29) is 59.6 Å². The minimum atomic E-state index is -4.51. The summed E-state index contributed by atoms with van der Waals surface area (Å²) in [5, 5.41) is 29.1. The van der Waals surface area contributed by atoms with E-state index in [4.69, 9.17) is 35.5 Å². The number of methoxy groups -OCH3 is 3. The van der Waals surface area contributed by atoms with Crippen molar-refractivity contribution in [2.45, 2.75) is 112 Å². The molecule has 19 nitrogen and oxygen atoms in total. The fourth-order valence-corrected chi connectivity index (χ4v) is 11.0. The molecule has 0 unspecified atom stereocenters. The number of carboxylic acids is 1. The number of aldehydes is 1. The van der Waals surface area contributed by atoms with E-state index in [1.807, 2.05) is 6.07 Å². The van der Waals surface area contributed by atoms with Crippen molar-refractivity contribution < 1.29 is 102 Å². The number of nitriles is 2. The summed E-state index contributed by atoms with van der Waals surface area (Å²) in [4.78, 5) is 85.6. The van der Waals surface area contributed by atoms with Gasteiger partial charge in [-0.15, -0.1) is 0 Å². The molecule has 0 atom stereocenters. The van der Waals surface area contributed by atoms with Crippen LogP contribution in [0.3, 0.4) is 0 Å². The molecule has 0 fully saturated rings. The highest BCUT2D eigenvalue weighted by atomic mass is 19.4. The number of nitrogens with zero attached hydrogens (tertiary/aromatic N) is 6. The van der Waals surface area contributed by atoms with Gasteiger partial charge in [0.25, 0.3) is 0 Å². The summed E-state index contributed by atoms with van der Waals surface area (Å²) in [5.74, 6) is -4.64. The van der Waals surface area contributed by atoms with E-state index in [0.29, 0.717) is 77.9 Å². The zero-order valence-corrected chi connectivity index (χ0v) is 58.6. The van der Waals surface area contributed by atoms with Crippen molar-refractivity contribution in [2.24, 2.45) is 0 Å². The third kappa shape index (κ3) is 21.7. The van der Waals surface area contributed by atoms with E-state index < -0.39 is 87.8 Å². The van der Waals surface area contributed by atoms with E-state index >= 15 is 0 Å². The van der Waals surface area contributed by atoms with Gasteiger partial charge >= 0.3 is 60.9 Å². The van der Waals surface area contributed by atoms with E-state index in [1.165, 1.54) is 51.9 Å². The lowest BCUT2D eigenvalue weighted by Crippen LogP contribution is -2.24. The van der Waals surface area contributed by atoms with E-state index in [0.717, 1.165) is 42.5 Å². The van der Waals surface area contributed by atoms with Crippen molar-refractivity contribution in [3.05, 3.63) is 234 Å². The minimum Gasteiger partial charge on any atom is -0.477 e. The van der Waals surface area contributed by atoms with Crippen LogP contribution in [0.4, 0.5) is 39.5 Å². The maximum Gasteiger partial charge on any atom is 0.416 e. The summed E-state index contributed by atoms with van der Waals surface area (Å²) in [6.07, 6.45) is -5.81. The predicted molar refractivity (Wildman–Crippen MR) is 369 cm³/mol. The fourth-order valence-electron chi connectivity index (χ4n) is 11.0. The zero-order chi connectivity index (χ0) is 78.4. The van der Waals surface area contributed by atoms with Crippen LogP contribution < -0.4 is 0 Å². The Morgan fingerprint density at radius 1 is 0.495 bits per heavy atom. The quantitative estimate of drug-likeness (QED) is 0.0190. The Labute approximate surface area is 596 Å². The summed E-state index contributed by atoms with van der Waals surface area (Å²) < 4.78 is 148. The van der Waals surface area contributed by atoms with Crippen molar-refractivity contribution >= 4 is 87.0 Å². The van der Waals surface area contributed by atoms with Crippen LogP contribution in [0.5, 0.6) is 0 Å². The molecule has 0 aliphatic rings. The van der Waals surface area contributed by atoms with Crippen molar-refractivity contribution in [2.75, 3.05) is 27.9 Å². The molecule has 1 N–H and O–H groups in total. The number of rotatable bonds is 15. The van der Waals surface area contributed by atoms with Crippen molar-refractivity contribution in [3.8, 4) is 12.1 Å². The molecule has 0 amide bonds. The van der Waals surface area contributed by atoms with Gasteiger partial charge in [-0.05, 0) is 164 Å². The number of aryl methyl sites for hydroxylation is 3. The van der Waals surface area contributed by atoms with Crippen LogP contribution in [0.25, 0.3) is 49.7 Å². The second-order valence-electron chi connectivity index (χ2n) is 25.5. The molecule has 6 aromatic carbocycles. The number of ether oxygens (including phenoxy) is 5. The lowest BCUT2D eigenvalue weighted by atomic mass is 10.0. The summed E-state index contributed by atoms with van der Waals surface area (Å²) in [5.41, 5.74) is 1.12. The molecule has 0 radical (unpaired) electrons. The van der Waals surface area contributed by atoms with Crippen LogP contribution in [0.1, 0.15) is 144 Å². The molecule has 0 aliphatic carbocycles. The molecule has 3 heterocycles.